The molecule has 2 rings (SSSR count). The fraction of sp³-hybridized carbons (Fsp3) is 0.0667. The molecule has 0 spiro atoms. The monoisotopic (exact) mass is 338 g/mol. The number of nitrogens with one attached hydrogen (secondary N) is 1. The lowest BCUT2D eigenvalue weighted by atomic mass is 10.2. The summed E-state index contributed by atoms with van der Waals surface area (Å²) in [4.78, 5) is 23.6. The highest BCUT2D eigenvalue weighted by Crippen LogP contribution is 2.29. The van der Waals surface area contributed by atoms with Crippen LogP contribution in [0.3, 0.4) is 0 Å². The molecule has 0 radical (unpaired) electrons. The van der Waals surface area contributed by atoms with Crippen LogP contribution >= 0.6 is 23.2 Å². The number of benzene rings is 2. The van der Waals surface area contributed by atoms with E-state index >= 15 is 0 Å². The van der Waals surface area contributed by atoms with E-state index in [1.165, 1.54) is 6.07 Å². The van der Waals surface area contributed by atoms with E-state index in [1.807, 2.05) is 0 Å². The molecule has 22 heavy (non-hydrogen) atoms. The number of carbonyl (C=O) groups excluding carboxylic acids is 2. The van der Waals surface area contributed by atoms with E-state index in [0.717, 1.165) is 0 Å². The average molecular weight is 339 g/mol. The summed E-state index contributed by atoms with van der Waals surface area (Å²) >= 11 is 11.8. The molecule has 0 bridgehead atoms. The Labute approximate surface area is 137 Å². The van der Waals surface area contributed by atoms with Gasteiger partial charge in [0, 0.05) is 5.69 Å². The number of carbonyl (C=O) groups is 2. The molecule has 3 N–H and O–H groups in total. The van der Waals surface area contributed by atoms with E-state index in [-0.39, 0.29) is 16.3 Å². The zero-order valence-electron chi connectivity index (χ0n) is 11.3. The third-order valence-electron chi connectivity index (χ3n) is 2.74. The third-order valence-corrected chi connectivity index (χ3v) is 3.56. The minimum absolute atomic E-state index is 0.205. The molecular formula is C15H12Cl2N2O3. The molecule has 114 valence electrons. The molecule has 0 atom stereocenters. The summed E-state index contributed by atoms with van der Waals surface area (Å²) in [6, 6.07) is 11.3. The molecule has 0 heterocycles. The van der Waals surface area contributed by atoms with Crippen LogP contribution in [0.25, 0.3) is 0 Å². The molecular weight excluding hydrogens is 327 g/mol. The van der Waals surface area contributed by atoms with Crippen LogP contribution in [-0.2, 0) is 9.53 Å². The highest BCUT2D eigenvalue weighted by molar-refractivity contribution is 6.44. The smallest absolute Gasteiger partial charge is 0.340 e. The molecule has 0 aliphatic heterocycles. The molecule has 2 aromatic rings. The fourth-order valence-corrected chi connectivity index (χ4v) is 2.03. The molecule has 0 aliphatic carbocycles. The number of rotatable bonds is 4. The van der Waals surface area contributed by atoms with Crippen molar-refractivity contribution in [2.75, 3.05) is 17.7 Å². The molecule has 5 nitrogen and oxygen atoms in total. The molecule has 0 saturated heterocycles. The second-order valence-electron chi connectivity index (χ2n) is 4.31. The average Bonchev–Trinajstić information content (AvgIpc) is 2.50. The lowest BCUT2D eigenvalue weighted by molar-refractivity contribution is -0.119. The quantitative estimate of drug-likeness (QED) is 0.661. The Morgan fingerprint density at radius 2 is 1.82 bits per heavy atom. The molecule has 7 heteroatoms. The highest BCUT2D eigenvalue weighted by atomic mass is 35.5. The fourth-order valence-electron chi connectivity index (χ4n) is 1.68. The highest BCUT2D eigenvalue weighted by Gasteiger charge is 2.14. The van der Waals surface area contributed by atoms with Crippen molar-refractivity contribution in [3.05, 3.63) is 58.1 Å². The van der Waals surface area contributed by atoms with Crippen molar-refractivity contribution in [3.63, 3.8) is 0 Å². The SMILES string of the molecule is Nc1ccccc1C(=O)OCC(=O)Nc1cccc(Cl)c1Cl. The van der Waals surface area contributed by atoms with Gasteiger partial charge in [-0.05, 0) is 24.3 Å². The van der Waals surface area contributed by atoms with Crippen molar-refractivity contribution in [2.45, 2.75) is 0 Å². The van der Waals surface area contributed by atoms with E-state index < -0.39 is 18.5 Å². The standard InChI is InChI=1S/C15H12Cl2N2O3/c16-10-5-3-7-12(14(10)17)19-13(20)8-22-15(21)9-4-1-2-6-11(9)18/h1-7H,8,18H2,(H,19,20). The maximum atomic E-state index is 11.8. The molecule has 1 amide bonds. The van der Waals surface area contributed by atoms with Crippen molar-refractivity contribution in [1.82, 2.24) is 0 Å². The number of hydrogen-bond acceptors (Lipinski definition) is 4. The second-order valence-corrected chi connectivity index (χ2v) is 5.10. The maximum Gasteiger partial charge on any atom is 0.340 e. The Morgan fingerprint density at radius 3 is 2.55 bits per heavy atom. The summed E-state index contributed by atoms with van der Waals surface area (Å²) in [7, 11) is 0. The van der Waals surface area contributed by atoms with E-state index in [1.54, 1.807) is 36.4 Å². The van der Waals surface area contributed by atoms with Crippen LogP contribution in [0, 0.1) is 0 Å². The van der Waals surface area contributed by atoms with Crippen LogP contribution < -0.4 is 11.1 Å². The molecule has 2 aromatic carbocycles. The summed E-state index contributed by atoms with van der Waals surface area (Å²) < 4.78 is 4.91. The second kappa shape index (κ2) is 7.15. The number of amides is 1. The first-order chi connectivity index (χ1) is 10.5. The van der Waals surface area contributed by atoms with E-state index in [9.17, 15) is 9.59 Å². The molecule has 0 unspecified atom stereocenters. The lowest BCUT2D eigenvalue weighted by Gasteiger charge is -2.09. The zero-order chi connectivity index (χ0) is 16.1. The molecule has 0 aliphatic rings. The number of ether oxygens (including phenoxy) is 1. The molecule has 0 aromatic heterocycles. The summed E-state index contributed by atoms with van der Waals surface area (Å²) in [6.45, 7) is -0.462. The number of para-hydroxylation sites is 1. The third kappa shape index (κ3) is 3.90. The first-order valence-electron chi connectivity index (χ1n) is 6.24. The largest absolute Gasteiger partial charge is 0.452 e. The molecule has 0 saturated carbocycles. The van der Waals surface area contributed by atoms with Crippen LogP contribution in [0.1, 0.15) is 10.4 Å². The van der Waals surface area contributed by atoms with Gasteiger partial charge in [0.25, 0.3) is 5.91 Å². The number of halogens is 2. The summed E-state index contributed by atoms with van der Waals surface area (Å²) in [5.41, 5.74) is 6.48. The Balaban J connectivity index is 1.95. The van der Waals surface area contributed by atoms with Crippen molar-refractivity contribution in [2.24, 2.45) is 0 Å². The van der Waals surface area contributed by atoms with E-state index in [0.29, 0.717) is 10.7 Å². The van der Waals surface area contributed by atoms with Gasteiger partial charge in [-0.15, -0.1) is 0 Å². The maximum absolute atomic E-state index is 11.8. The van der Waals surface area contributed by atoms with Crippen LogP contribution in [0.5, 0.6) is 0 Å². The van der Waals surface area contributed by atoms with Gasteiger partial charge < -0.3 is 15.8 Å². The number of esters is 1. The zero-order valence-corrected chi connectivity index (χ0v) is 12.8. The Bertz CT molecular complexity index is 720. The van der Waals surface area contributed by atoms with Crippen LogP contribution in [0.15, 0.2) is 42.5 Å². The van der Waals surface area contributed by atoms with Gasteiger partial charge in [0.2, 0.25) is 0 Å². The van der Waals surface area contributed by atoms with Gasteiger partial charge in [-0.1, -0.05) is 41.4 Å². The van der Waals surface area contributed by atoms with Gasteiger partial charge in [-0.3, -0.25) is 4.79 Å². The minimum Gasteiger partial charge on any atom is -0.452 e. The molecule has 0 fully saturated rings. The first kappa shape index (κ1) is 16.1. The van der Waals surface area contributed by atoms with Gasteiger partial charge in [0.05, 0.1) is 21.3 Å². The van der Waals surface area contributed by atoms with Gasteiger partial charge >= 0.3 is 5.97 Å². The Hall–Kier alpha value is -2.24. The first-order valence-corrected chi connectivity index (χ1v) is 7.00. The normalized spacial score (nSPS) is 10.1. The van der Waals surface area contributed by atoms with E-state index in [2.05, 4.69) is 5.32 Å². The van der Waals surface area contributed by atoms with Gasteiger partial charge in [-0.2, -0.15) is 0 Å². The van der Waals surface area contributed by atoms with Crippen molar-refractivity contribution >= 4 is 46.5 Å². The number of nitrogens with two attached hydrogens (primary N) is 1. The summed E-state index contributed by atoms with van der Waals surface area (Å²) in [6.07, 6.45) is 0. The number of nitrogen functional groups attached to an aromatic ring is 1. The van der Waals surface area contributed by atoms with Crippen molar-refractivity contribution in [1.29, 1.82) is 0 Å². The topological polar surface area (TPSA) is 81.4 Å². The van der Waals surface area contributed by atoms with Crippen molar-refractivity contribution in [3.8, 4) is 0 Å². The van der Waals surface area contributed by atoms with Crippen LogP contribution in [-0.4, -0.2) is 18.5 Å². The minimum atomic E-state index is -0.676. The predicted molar refractivity (Wildman–Crippen MR) is 86.2 cm³/mol. The number of hydrogen-bond donors (Lipinski definition) is 2. The van der Waals surface area contributed by atoms with Crippen LogP contribution in [0.4, 0.5) is 11.4 Å². The van der Waals surface area contributed by atoms with E-state index in [4.69, 9.17) is 33.7 Å². The number of anilines is 2. The predicted octanol–water partition coefficient (Wildman–Crippen LogP) is 3.37. The van der Waals surface area contributed by atoms with Crippen LogP contribution in [0.2, 0.25) is 10.0 Å². The Morgan fingerprint density at radius 1 is 1.09 bits per heavy atom. The van der Waals surface area contributed by atoms with Crippen molar-refractivity contribution < 1.29 is 14.3 Å². The van der Waals surface area contributed by atoms with Gasteiger partial charge in [0.1, 0.15) is 0 Å². The summed E-state index contributed by atoms with van der Waals surface area (Å²) in [5.74, 6) is -1.21. The lowest BCUT2D eigenvalue weighted by Crippen LogP contribution is -2.21. The Kier molecular flexibility index (Phi) is 5.25. The van der Waals surface area contributed by atoms with Gasteiger partial charge in [-0.25, -0.2) is 4.79 Å². The van der Waals surface area contributed by atoms with Gasteiger partial charge in [0.15, 0.2) is 6.61 Å². The summed E-state index contributed by atoms with van der Waals surface area (Å²) in [5, 5.41) is 3.04.